The number of methoxy groups -OCH3 is 1. The summed E-state index contributed by atoms with van der Waals surface area (Å²) in [5.74, 6) is 0.778. The maximum atomic E-state index is 12.7. The zero-order valence-electron chi connectivity index (χ0n) is 15.7. The molecule has 1 unspecified atom stereocenters. The van der Waals surface area contributed by atoms with Crippen molar-refractivity contribution in [1.29, 1.82) is 0 Å². The molecule has 1 heterocycles. The van der Waals surface area contributed by atoms with E-state index in [1.165, 1.54) is 0 Å². The molecule has 0 radical (unpaired) electrons. The topological polar surface area (TPSA) is 67.9 Å². The highest BCUT2D eigenvalue weighted by molar-refractivity contribution is 7.89. The number of nitrogens with one attached hydrogen (secondary N) is 1. The predicted molar refractivity (Wildman–Crippen MR) is 104 cm³/mol. The van der Waals surface area contributed by atoms with Gasteiger partial charge in [0.2, 0.25) is 10.0 Å². The predicted octanol–water partition coefficient (Wildman–Crippen LogP) is 2.36. The van der Waals surface area contributed by atoms with Crippen molar-refractivity contribution in [2.24, 2.45) is 0 Å². The minimum atomic E-state index is -3.56. The van der Waals surface area contributed by atoms with Gasteiger partial charge in [0.15, 0.2) is 0 Å². The van der Waals surface area contributed by atoms with Crippen LogP contribution in [-0.2, 0) is 14.8 Å². The molecule has 1 saturated heterocycles. The monoisotopic (exact) mass is 390 g/mol. The summed E-state index contributed by atoms with van der Waals surface area (Å²) in [6.45, 7) is 5.06. The lowest BCUT2D eigenvalue weighted by Gasteiger charge is -2.35. The standard InChI is InChI=1S/C20H26N2O4S/c1-16-3-9-19(10-4-16)27(23,24)21-15-20(22-11-13-26-14-12-22)17-5-7-18(25-2)8-6-17/h3-10,20-21H,11-15H2,1-2H3. The summed E-state index contributed by atoms with van der Waals surface area (Å²) in [6.07, 6.45) is 0. The van der Waals surface area contributed by atoms with Crippen molar-refractivity contribution >= 4 is 10.0 Å². The molecule has 1 aliphatic heterocycles. The van der Waals surface area contributed by atoms with Gasteiger partial charge in [-0.25, -0.2) is 13.1 Å². The van der Waals surface area contributed by atoms with Crippen molar-refractivity contribution in [3.05, 3.63) is 59.7 Å². The quantitative estimate of drug-likeness (QED) is 0.786. The number of benzene rings is 2. The Hall–Kier alpha value is -1.93. The van der Waals surface area contributed by atoms with Crippen molar-refractivity contribution in [3.63, 3.8) is 0 Å². The molecule has 7 heteroatoms. The lowest BCUT2D eigenvalue weighted by Crippen LogP contribution is -2.43. The molecular formula is C20H26N2O4S. The minimum absolute atomic E-state index is 0.0694. The van der Waals surface area contributed by atoms with Crippen LogP contribution in [0.2, 0.25) is 0 Å². The van der Waals surface area contributed by atoms with Gasteiger partial charge in [0.25, 0.3) is 0 Å². The Labute approximate surface area is 161 Å². The van der Waals surface area contributed by atoms with E-state index in [4.69, 9.17) is 9.47 Å². The van der Waals surface area contributed by atoms with Gasteiger partial charge in [-0.2, -0.15) is 0 Å². The number of aryl methyl sites for hydroxylation is 1. The zero-order chi connectivity index (χ0) is 19.3. The fourth-order valence-electron chi connectivity index (χ4n) is 3.16. The van der Waals surface area contributed by atoms with Crippen LogP contribution in [0.25, 0.3) is 0 Å². The normalized spacial score (nSPS) is 16.8. The zero-order valence-corrected chi connectivity index (χ0v) is 16.5. The summed E-state index contributed by atoms with van der Waals surface area (Å²) < 4.78 is 38.8. The lowest BCUT2D eigenvalue weighted by molar-refractivity contribution is 0.0172. The second-order valence-corrected chi connectivity index (χ2v) is 8.37. The Bertz CT molecular complexity index is 829. The molecule has 1 aliphatic rings. The molecule has 1 atom stereocenters. The van der Waals surface area contributed by atoms with Crippen LogP contribution in [0.1, 0.15) is 17.2 Å². The number of rotatable bonds is 7. The molecule has 2 aromatic carbocycles. The highest BCUT2D eigenvalue weighted by Crippen LogP contribution is 2.24. The molecule has 0 spiro atoms. The molecule has 2 aromatic rings. The molecule has 1 fully saturated rings. The molecule has 6 nitrogen and oxygen atoms in total. The Kier molecular flexibility index (Phi) is 6.49. The molecule has 0 aromatic heterocycles. The van der Waals surface area contributed by atoms with Gasteiger partial charge < -0.3 is 9.47 Å². The second kappa shape index (κ2) is 8.84. The Morgan fingerprint density at radius 3 is 2.30 bits per heavy atom. The van der Waals surface area contributed by atoms with Crippen molar-refractivity contribution < 1.29 is 17.9 Å². The van der Waals surface area contributed by atoms with Crippen LogP contribution in [0.15, 0.2) is 53.4 Å². The first-order valence-corrected chi connectivity index (χ1v) is 10.5. The summed E-state index contributed by atoms with van der Waals surface area (Å²) in [6, 6.07) is 14.6. The lowest BCUT2D eigenvalue weighted by atomic mass is 10.0. The number of hydrogen-bond acceptors (Lipinski definition) is 5. The number of morpholine rings is 1. The van der Waals surface area contributed by atoms with Crippen molar-refractivity contribution in [2.75, 3.05) is 40.0 Å². The molecular weight excluding hydrogens is 364 g/mol. The van der Waals surface area contributed by atoms with E-state index in [9.17, 15) is 8.42 Å². The molecule has 0 aliphatic carbocycles. The third-order valence-electron chi connectivity index (χ3n) is 4.79. The largest absolute Gasteiger partial charge is 0.497 e. The molecule has 0 saturated carbocycles. The summed E-state index contributed by atoms with van der Waals surface area (Å²) in [4.78, 5) is 2.53. The van der Waals surface area contributed by atoms with Gasteiger partial charge in [-0.15, -0.1) is 0 Å². The third-order valence-corrected chi connectivity index (χ3v) is 6.22. The number of ether oxygens (including phenoxy) is 2. The smallest absolute Gasteiger partial charge is 0.240 e. The Morgan fingerprint density at radius 1 is 1.07 bits per heavy atom. The second-order valence-electron chi connectivity index (χ2n) is 6.60. The maximum absolute atomic E-state index is 12.7. The van der Waals surface area contributed by atoms with Gasteiger partial charge >= 0.3 is 0 Å². The van der Waals surface area contributed by atoms with Gasteiger partial charge in [0.05, 0.1) is 25.2 Å². The number of nitrogens with zero attached hydrogens (tertiary/aromatic N) is 1. The van der Waals surface area contributed by atoms with Crippen LogP contribution in [-0.4, -0.2) is 53.3 Å². The van der Waals surface area contributed by atoms with Crippen molar-refractivity contribution in [3.8, 4) is 5.75 Å². The van der Waals surface area contributed by atoms with Gasteiger partial charge in [-0.05, 0) is 36.8 Å². The van der Waals surface area contributed by atoms with E-state index in [0.717, 1.165) is 30.0 Å². The van der Waals surface area contributed by atoms with E-state index in [1.54, 1.807) is 31.4 Å². The molecule has 3 rings (SSSR count). The van der Waals surface area contributed by atoms with E-state index >= 15 is 0 Å². The van der Waals surface area contributed by atoms with Crippen LogP contribution in [0.5, 0.6) is 5.75 Å². The summed E-state index contributed by atoms with van der Waals surface area (Å²) >= 11 is 0. The van der Waals surface area contributed by atoms with Crippen LogP contribution in [0.4, 0.5) is 0 Å². The van der Waals surface area contributed by atoms with E-state index < -0.39 is 10.0 Å². The Morgan fingerprint density at radius 2 is 1.70 bits per heavy atom. The molecule has 0 bridgehead atoms. The van der Waals surface area contributed by atoms with E-state index in [0.29, 0.717) is 19.8 Å². The average molecular weight is 391 g/mol. The van der Waals surface area contributed by atoms with Crippen LogP contribution < -0.4 is 9.46 Å². The number of hydrogen-bond donors (Lipinski definition) is 1. The minimum Gasteiger partial charge on any atom is -0.497 e. The first kappa shape index (κ1) is 19.8. The van der Waals surface area contributed by atoms with Crippen LogP contribution in [0, 0.1) is 6.92 Å². The first-order valence-electron chi connectivity index (χ1n) is 9.02. The summed E-state index contributed by atoms with van der Waals surface area (Å²) in [5.41, 5.74) is 2.07. The maximum Gasteiger partial charge on any atom is 0.240 e. The highest BCUT2D eigenvalue weighted by atomic mass is 32.2. The third kappa shape index (κ3) is 5.07. The SMILES string of the molecule is COc1ccc(C(CNS(=O)(=O)c2ccc(C)cc2)N2CCOCC2)cc1. The molecule has 0 amide bonds. The molecule has 27 heavy (non-hydrogen) atoms. The average Bonchev–Trinajstić information content (AvgIpc) is 2.70. The fourth-order valence-corrected chi connectivity index (χ4v) is 4.20. The highest BCUT2D eigenvalue weighted by Gasteiger charge is 2.25. The summed E-state index contributed by atoms with van der Waals surface area (Å²) in [5, 5.41) is 0. The molecule has 1 N–H and O–H groups in total. The van der Waals surface area contributed by atoms with Gasteiger partial charge in [0.1, 0.15) is 5.75 Å². The van der Waals surface area contributed by atoms with E-state index in [1.807, 2.05) is 31.2 Å². The van der Waals surface area contributed by atoms with Gasteiger partial charge in [0, 0.05) is 25.7 Å². The van der Waals surface area contributed by atoms with Crippen LogP contribution in [0.3, 0.4) is 0 Å². The first-order chi connectivity index (χ1) is 13.0. The van der Waals surface area contributed by atoms with Crippen molar-refractivity contribution in [2.45, 2.75) is 17.9 Å². The van der Waals surface area contributed by atoms with E-state index in [-0.39, 0.29) is 10.9 Å². The molecule has 146 valence electrons. The van der Waals surface area contributed by atoms with Gasteiger partial charge in [-0.3, -0.25) is 4.90 Å². The van der Waals surface area contributed by atoms with Gasteiger partial charge in [-0.1, -0.05) is 29.8 Å². The fraction of sp³-hybridized carbons (Fsp3) is 0.400. The van der Waals surface area contributed by atoms with Crippen molar-refractivity contribution in [1.82, 2.24) is 9.62 Å². The number of sulfonamides is 1. The summed E-state index contributed by atoms with van der Waals surface area (Å²) in [7, 11) is -1.94. The van der Waals surface area contributed by atoms with E-state index in [2.05, 4.69) is 9.62 Å². The van der Waals surface area contributed by atoms with Crippen LogP contribution >= 0.6 is 0 Å². The Balaban J connectivity index is 1.78.